The molecule has 3 unspecified atom stereocenters. The van der Waals surface area contributed by atoms with Gasteiger partial charge in [0.15, 0.2) is 0 Å². The lowest BCUT2D eigenvalue weighted by atomic mass is 9.97. The van der Waals surface area contributed by atoms with E-state index in [-0.39, 0.29) is 0 Å². The number of benzene rings is 1. The quantitative estimate of drug-likeness (QED) is 0.871. The van der Waals surface area contributed by atoms with Crippen LogP contribution in [0.15, 0.2) is 24.3 Å². The molecule has 1 aromatic rings. The van der Waals surface area contributed by atoms with Crippen molar-refractivity contribution in [1.29, 1.82) is 0 Å². The van der Waals surface area contributed by atoms with E-state index in [0.717, 1.165) is 11.8 Å². The minimum Gasteiger partial charge on any atom is -0.309 e. The molecule has 0 amide bonds. The fourth-order valence-corrected chi connectivity index (χ4v) is 5.59. The topological polar surface area (TPSA) is 12.0 Å². The predicted octanol–water partition coefficient (Wildman–Crippen LogP) is 4.27. The summed E-state index contributed by atoms with van der Waals surface area (Å²) in [5.74, 6) is 2.59. The fourth-order valence-electron chi connectivity index (χ4n) is 2.65. The van der Waals surface area contributed by atoms with E-state index in [1.807, 2.05) is 0 Å². The van der Waals surface area contributed by atoms with Gasteiger partial charge in [-0.05, 0) is 31.0 Å². The van der Waals surface area contributed by atoms with Crippen LogP contribution in [-0.4, -0.2) is 28.6 Å². The van der Waals surface area contributed by atoms with Crippen molar-refractivity contribution in [3.63, 3.8) is 0 Å². The minimum atomic E-state index is 0.494. The summed E-state index contributed by atoms with van der Waals surface area (Å²) in [5.41, 5.74) is 2.90. The van der Waals surface area contributed by atoms with Gasteiger partial charge in [-0.15, -0.1) is 0 Å². The minimum absolute atomic E-state index is 0.494. The molecule has 0 spiro atoms. The van der Waals surface area contributed by atoms with Crippen molar-refractivity contribution < 1.29 is 0 Å². The van der Waals surface area contributed by atoms with E-state index in [1.54, 1.807) is 0 Å². The van der Waals surface area contributed by atoms with Crippen LogP contribution in [0.1, 0.15) is 37.4 Å². The van der Waals surface area contributed by atoms with Crippen molar-refractivity contribution in [2.75, 3.05) is 18.1 Å². The van der Waals surface area contributed by atoms with Crippen molar-refractivity contribution in [1.82, 2.24) is 5.32 Å². The van der Waals surface area contributed by atoms with Crippen LogP contribution in [0.2, 0.25) is 0 Å². The van der Waals surface area contributed by atoms with Crippen LogP contribution in [0.4, 0.5) is 0 Å². The van der Waals surface area contributed by atoms with Crippen molar-refractivity contribution in [2.24, 2.45) is 0 Å². The summed E-state index contributed by atoms with van der Waals surface area (Å²) in [5, 5.41) is 5.21. The fraction of sp³-hybridized carbons (Fsp3) is 0.625. The van der Waals surface area contributed by atoms with E-state index < -0.39 is 0 Å². The Hall–Kier alpha value is -0.120. The molecule has 1 aliphatic rings. The van der Waals surface area contributed by atoms with Gasteiger partial charge in [0.25, 0.3) is 0 Å². The van der Waals surface area contributed by atoms with Gasteiger partial charge in [0.1, 0.15) is 0 Å². The first-order valence-electron chi connectivity index (χ1n) is 7.26. The smallest absolute Gasteiger partial charge is 0.0453 e. The average Bonchev–Trinajstić information content (AvgIpc) is 2.42. The Bertz CT molecular complexity index is 394. The molecule has 19 heavy (non-hydrogen) atoms. The van der Waals surface area contributed by atoms with Gasteiger partial charge in [-0.25, -0.2) is 0 Å². The summed E-state index contributed by atoms with van der Waals surface area (Å²) in [6, 6.07) is 9.35. The lowest BCUT2D eigenvalue weighted by Gasteiger charge is -2.36. The van der Waals surface area contributed by atoms with Crippen LogP contribution in [0.3, 0.4) is 0 Å². The molecule has 0 radical (unpaired) electrons. The first-order valence-corrected chi connectivity index (χ1v) is 9.36. The van der Waals surface area contributed by atoms with E-state index in [2.05, 4.69) is 73.9 Å². The molecule has 3 atom stereocenters. The maximum Gasteiger partial charge on any atom is 0.0453 e. The highest BCUT2D eigenvalue weighted by Crippen LogP contribution is 2.39. The molecule has 1 aromatic carbocycles. The number of thioether (sulfide) groups is 2. The van der Waals surface area contributed by atoms with Crippen molar-refractivity contribution in [2.45, 2.75) is 43.7 Å². The van der Waals surface area contributed by atoms with Crippen LogP contribution >= 0.6 is 23.5 Å². The molecule has 0 saturated carbocycles. The number of aryl methyl sites for hydroxylation is 1. The molecule has 106 valence electrons. The Labute approximate surface area is 126 Å². The van der Waals surface area contributed by atoms with Gasteiger partial charge >= 0.3 is 0 Å². The Morgan fingerprint density at radius 1 is 1.26 bits per heavy atom. The van der Waals surface area contributed by atoms with Gasteiger partial charge in [0.05, 0.1) is 0 Å². The normalized spacial score (nSPS) is 25.2. The van der Waals surface area contributed by atoms with Crippen LogP contribution < -0.4 is 5.32 Å². The predicted molar refractivity (Wildman–Crippen MR) is 90.4 cm³/mol. The zero-order chi connectivity index (χ0) is 13.7. The van der Waals surface area contributed by atoms with E-state index >= 15 is 0 Å². The van der Waals surface area contributed by atoms with Gasteiger partial charge in [-0.2, -0.15) is 23.5 Å². The average molecular weight is 296 g/mol. The van der Waals surface area contributed by atoms with Gasteiger partial charge in [0.2, 0.25) is 0 Å². The van der Waals surface area contributed by atoms with Crippen LogP contribution in [0, 0.1) is 6.92 Å². The highest BCUT2D eigenvalue weighted by molar-refractivity contribution is 8.07. The van der Waals surface area contributed by atoms with E-state index in [9.17, 15) is 0 Å². The molecular weight excluding hydrogens is 270 g/mol. The zero-order valence-electron chi connectivity index (χ0n) is 12.2. The summed E-state index contributed by atoms with van der Waals surface area (Å²) >= 11 is 4.28. The standard InChI is InChI=1S/C16H25NS2/c1-4-9-17-15(14-8-6-5-7-12(14)2)16-13(3)18-10-11-19-16/h5-8,13,15-17H,4,9-11H2,1-3H3. The highest BCUT2D eigenvalue weighted by Gasteiger charge is 2.31. The first kappa shape index (κ1) is 15.3. The maximum absolute atomic E-state index is 3.79. The summed E-state index contributed by atoms with van der Waals surface area (Å²) < 4.78 is 0. The molecule has 0 bridgehead atoms. The Balaban J connectivity index is 2.22. The largest absolute Gasteiger partial charge is 0.309 e. The SMILES string of the molecule is CCCNC(c1ccccc1C)C1SCCSC1C. The molecule has 0 aromatic heterocycles. The molecule has 1 N–H and O–H groups in total. The molecule has 1 heterocycles. The Morgan fingerprint density at radius 3 is 2.68 bits per heavy atom. The van der Waals surface area contributed by atoms with Crippen molar-refractivity contribution >= 4 is 23.5 Å². The highest BCUT2D eigenvalue weighted by atomic mass is 32.2. The van der Waals surface area contributed by atoms with Crippen LogP contribution in [0.5, 0.6) is 0 Å². The van der Waals surface area contributed by atoms with E-state index in [4.69, 9.17) is 0 Å². The number of rotatable bonds is 5. The van der Waals surface area contributed by atoms with E-state index in [1.165, 1.54) is 29.1 Å². The number of nitrogens with one attached hydrogen (secondary N) is 1. The van der Waals surface area contributed by atoms with Gasteiger partial charge in [0, 0.05) is 28.0 Å². The second kappa shape index (κ2) is 7.61. The lowest BCUT2D eigenvalue weighted by Crippen LogP contribution is -2.38. The summed E-state index contributed by atoms with van der Waals surface area (Å²) in [6.45, 7) is 7.98. The molecule has 1 nitrogen and oxygen atoms in total. The molecule has 1 aliphatic heterocycles. The third kappa shape index (κ3) is 3.93. The first-order chi connectivity index (χ1) is 9.24. The second-order valence-electron chi connectivity index (χ2n) is 5.20. The van der Waals surface area contributed by atoms with Crippen LogP contribution in [0.25, 0.3) is 0 Å². The molecule has 1 fully saturated rings. The summed E-state index contributed by atoms with van der Waals surface area (Å²) in [4.78, 5) is 0. The molecule has 3 heteroatoms. The van der Waals surface area contributed by atoms with Gasteiger partial charge < -0.3 is 5.32 Å². The number of hydrogen-bond donors (Lipinski definition) is 1. The summed E-state index contributed by atoms with van der Waals surface area (Å²) in [6.07, 6.45) is 1.20. The maximum atomic E-state index is 3.79. The molecule has 2 rings (SSSR count). The van der Waals surface area contributed by atoms with E-state index in [0.29, 0.717) is 11.3 Å². The van der Waals surface area contributed by atoms with Crippen LogP contribution in [-0.2, 0) is 0 Å². The summed E-state index contributed by atoms with van der Waals surface area (Å²) in [7, 11) is 0. The van der Waals surface area contributed by atoms with Gasteiger partial charge in [-0.1, -0.05) is 38.1 Å². The molecular formula is C16H25NS2. The van der Waals surface area contributed by atoms with Crippen molar-refractivity contribution in [3.05, 3.63) is 35.4 Å². The lowest BCUT2D eigenvalue weighted by molar-refractivity contribution is 0.507. The van der Waals surface area contributed by atoms with Gasteiger partial charge in [-0.3, -0.25) is 0 Å². The third-order valence-electron chi connectivity index (χ3n) is 3.70. The zero-order valence-corrected chi connectivity index (χ0v) is 13.8. The Kier molecular flexibility index (Phi) is 6.11. The monoisotopic (exact) mass is 295 g/mol. The number of hydrogen-bond acceptors (Lipinski definition) is 3. The van der Waals surface area contributed by atoms with Crippen molar-refractivity contribution in [3.8, 4) is 0 Å². The third-order valence-corrected chi connectivity index (χ3v) is 6.90. The molecule has 1 saturated heterocycles. The Morgan fingerprint density at radius 2 is 2.00 bits per heavy atom. The second-order valence-corrected chi connectivity index (χ2v) is 7.97. The molecule has 0 aliphatic carbocycles.